The molecule has 0 amide bonds. The normalized spacial score (nSPS) is 15.9. The fourth-order valence-corrected chi connectivity index (χ4v) is 2.79. The molecule has 4 heteroatoms. The van der Waals surface area contributed by atoms with Crippen LogP contribution in [0.25, 0.3) is 10.9 Å². The summed E-state index contributed by atoms with van der Waals surface area (Å²) in [6.07, 6.45) is 0.938. The Morgan fingerprint density at radius 2 is 1.77 bits per heavy atom. The highest BCUT2D eigenvalue weighted by molar-refractivity contribution is 5.80. The van der Waals surface area contributed by atoms with Gasteiger partial charge in [-0.2, -0.15) is 0 Å². The average molecular weight is 300 g/mol. The highest BCUT2D eigenvalue weighted by Gasteiger charge is 2.18. The number of halogens is 2. The number of fused-ring (bicyclic) bond motifs is 2. The van der Waals surface area contributed by atoms with Crippen LogP contribution >= 0.6 is 0 Å². The van der Waals surface area contributed by atoms with Gasteiger partial charge in [-0.15, -0.1) is 0 Å². The van der Waals surface area contributed by atoms with E-state index in [4.69, 9.17) is 0 Å². The van der Waals surface area contributed by atoms with Gasteiger partial charge in [-0.05, 0) is 44.0 Å². The molecular weight excluding hydrogens is 282 g/mol. The van der Waals surface area contributed by atoms with Gasteiger partial charge in [-0.3, -0.25) is 0 Å². The molecule has 4 rings (SSSR count). The Bertz CT molecular complexity index is 808. The zero-order valence-corrected chi connectivity index (χ0v) is 12.6. The van der Waals surface area contributed by atoms with E-state index in [2.05, 4.69) is 17.2 Å². The summed E-state index contributed by atoms with van der Waals surface area (Å²) in [6.45, 7) is 3.97. The van der Waals surface area contributed by atoms with E-state index in [1.165, 1.54) is 12.1 Å². The molecule has 0 aliphatic carbocycles. The molecule has 2 N–H and O–H groups in total. The summed E-state index contributed by atoms with van der Waals surface area (Å²) in [6, 6.07) is 12.6. The third kappa shape index (κ3) is 2.82. The fraction of sp³-hybridized carbons (Fsp3) is 0.222. The van der Waals surface area contributed by atoms with Crippen molar-refractivity contribution in [2.24, 2.45) is 0 Å². The number of hydrogen-bond donors (Lipinski definition) is 2. The number of para-hydroxylation sites is 2. The van der Waals surface area contributed by atoms with Gasteiger partial charge in [0.05, 0.1) is 11.2 Å². The number of aromatic amines is 1. The van der Waals surface area contributed by atoms with Gasteiger partial charge in [-0.1, -0.05) is 24.3 Å². The molecular formula is C18H18F2N2. The second-order valence-electron chi connectivity index (χ2n) is 5.68. The SMILES string of the molecule is CC1Cc2cccc(F)c2N1.Cc1cc2cccc(F)c2[nH]1. The third-order valence-corrected chi connectivity index (χ3v) is 3.76. The van der Waals surface area contributed by atoms with E-state index in [9.17, 15) is 8.78 Å². The van der Waals surface area contributed by atoms with E-state index in [0.29, 0.717) is 17.2 Å². The average Bonchev–Trinajstić information content (AvgIpc) is 3.03. The number of aryl methyl sites for hydroxylation is 1. The van der Waals surface area contributed by atoms with E-state index in [0.717, 1.165) is 23.1 Å². The number of rotatable bonds is 0. The van der Waals surface area contributed by atoms with Crippen molar-refractivity contribution in [3.05, 3.63) is 65.4 Å². The molecule has 1 unspecified atom stereocenters. The molecule has 0 bridgehead atoms. The number of benzene rings is 2. The maximum Gasteiger partial charge on any atom is 0.147 e. The fourth-order valence-electron chi connectivity index (χ4n) is 2.79. The molecule has 1 atom stereocenters. The Morgan fingerprint density at radius 1 is 1.05 bits per heavy atom. The molecule has 22 heavy (non-hydrogen) atoms. The minimum absolute atomic E-state index is 0.133. The molecule has 2 nitrogen and oxygen atoms in total. The molecule has 0 saturated carbocycles. The summed E-state index contributed by atoms with van der Waals surface area (Å²) in [5.74, 6) is -0.317. The third-order valence-electron chi connectivity index (χ3n) is 3.76. The number of aromatic nitrogens is 1. The quantitative estimate of drug-likeness (QED) is 0.613. The zero-order valence-electron chi connectivity index (χ0n) is 12.6. The van der Waals surface area contributed by atoms with Crippen molar-refractivity contribution in [2.75, 3.05) is 5.32 Å². The Hall–Kier alpha value is -2.36. The molecule has 0 saturated heterocycles. The van der Waals surface area contributed by atoms with Crippen LogP contribution in [0.2, 0.25) is 0 Å². The molecule has 2 heterocycles. The van der Waals surface area contributed by atoms with E-state index in [1.54, 1.807) is 12.1 Å². The number of H-pyrrole nitrogens is 1. The summed E-state index contributed by atoms with van der Waals surface area (Å²) in [4.78, 5) is 2.95. The molecule has 114 valence electrons. The summed E-state index contributed by atoms with van der Waals surface area (Å²) in [5, 5.41) is 4.02. The van der Waals surface area contributed by atoms with Gasteiger partial charge < -0.3 is 10.3 Å². The van der Waals surface area contributed by atoms with Crippen molar-refractivity contribution in [3.63, 3.8) is 0 Å². The second kappa shape index (κ2) is 5.79. The number of hydrogen-bond acceptors (Lipinski definition) is 1. The van der Waals surface area contributed by atoms with Crippen LogP contribution in [0, 0.1) is 18.6 Å². The lowest BCUT2D eigenvalue weighted by Crippen LogP contribution is -2.08. The molecule has 0 radical (unpaired) electrons. The van der Waals surface area contributed by atoms with Crippen LogP contribution in [0.3, 0.4) is 0 Å². The van der Waals surface area contributed by atoms with Crippen molar-refractivity contribution >= 4 is 16.6 Å². The Morgan fingerprint density at radius 3 is 2.50 bits per heavy atom. The van der Waals surface area contributed by atoms with Gasteiger partial charge >= 0.3 is 0 Å². The van der Waals surface area contributed by atoms with E-state index >= 15 is 0 Å². The van der Waals surface area contributed by atoms with Crippen LogP contribution in [0.4, 0.5) is 14.5 Å². The Labute approximate surface area is 128 Å². The monoisotopic (exact) mass is 300 g/mol. The van der Waals surface area contributed by atoms with Gasteiger partial charge in [0.1, 0.15) is 11.6 Å². The molecule has 0 fully saturated rings. The minimum Gasteiger partial charge on any atom is -0.380 e. The predicted octanol–water partition coefficient (Wildman–Crippen LogP) is 4.80. The van der Waals surface area contributed by atoms with E-state index in [-0.39, 0.29) is 11.6 Å². The molecule has 2 aromatic carbocycles. The first-order valence-corrected chi connectivity index (χ1v) is 7.32. The first-order chi connectivity index (χ1) is 10.5. The maximum atomic E-state index is 13.0. The van der Waals surface area contributed by atoms with E-state index in [1.807, 2.05) is 25.1 Å². The van der Waals surface area contributed by atoms with Crippen molar-refractivity contribution in [1.82, 2.24) is 4.98 Å². The number of anilines is 1. The molecule has 1 aromatic heterocycles. The lowest BCUT2D eigenvalue weighted by Gasteiger charge is -2.02. The van der Waals surface area contributed by atoms with Crippen LogP contribution in [-0.4, -0.2) is 11.0 Å². The van der Waals surface area contributed by atoms with Crippen LogP contribution in [0.1, 0.15) is 18.2 Å². The maximum absolute atomic E-state index is 13.0. The van der Waals surface area contributed by atoms with Crippen LogP contribution < -0.4 is 5.32 Å². The lowest BCUT2D eigenvalue weighted by molar-refractivity contribution is 0.631. The first kappa shape index (κ1) is 14.6. The summed E-state index contributed by atoms with van der Waals surface area (Å²) in [7, 11) is 0. The highest BCUT2D eigenvalue weighted by atomic mass is 19.1. The summed E-state index contributed by atoms with van der Waals surface area (Å²) < 4.78 is 26.0. The van der Waals surface area contributed by atoms with Crippen molar-refractivity contribution in [3.8, 4) is 0 Å². The molecule has 0 spiro atoms. The molecule has 1 aliphatic heterocycles. The second-order valence-corrected chi connectivity index (χ2v) is 5.68. The minimum atomic E-state index is -0.185. The summed E-state index contributed by atoms with van der Waals surface area (Å²) >= 11 is 0. The molecule has 3 aromatic rings. The van der Waals surface area contributed by atoms with Gasteiger partial charge in [0.15, 0.2) is 0 Å². The van der Waals surface area contributed by atoms with Crippen molar-refractivity contribution in [1.29, 1.82) is 0 Å². The van der Waals surface area contributed by atoms with Crippen LogP contribution in [0.5, 0.6) is 0 Å². The van der Waals surface area contributed by atoms with Crippen LogP contribution in [-0.2, 0) is 6.42 Å². The predicted molar refractivity (Wildman–Crippen MR) is 86.2 cm³/mol. The smallest absolute Gasteiger partial charge is 0.147 e. The van der Waals surface area contributed by atoms with E-state index < -0.39 is 0 Å². The lowest BCUT2D eigenvalue weighted by atomic mass is 10.1. The van der Waals surface area contributed by atoms with Crippen LogP contribution in [0.15, 0.2) is 42.5 Å². The summed E-state index contributed by atoms with van der Waals surface area (Å²) in [5.41, 5.74) is 3.38. The zero-order chi connectivity index (χ0) is 15.7. The van der Waals surface area contributed by atoms with Gasteiger partial charge in [-0.25, -0.2) is 8.78 Å². The first-order valence-electron chi connectivity index (χ1n) is 7.32. The Balaban J connectivity index is 0.000000131. The Kier molecular flexibility index (Phi) is 3.84. The topological polar surface area (TPSA) is 27.8 Å². The van der Waals surface area contributed by atoms with Gasteiger partial charge in [0.2, 0.25) is 0 Å². The standard InChI is InChI=1S/C9H10FN.C9H8FN/c2*1-6-5-7-3-2-4-8(10)9(7)11-6/h2-4,6,11H,5H2,1H3;2-5,11H,1H3. The van der Waals surface area contributed by atoms with Crippen molar-refractivity contribution in [2.45, 2.75) is 26.3 Å². The van der Waals surface area contributed by atoms with Gasteiger partial charge in [0, 0.05) is 17.1 Å². The molecule has 1 aliphatic rings. The number of nitrogens with one attached hydrogen (secondary N) is 2. The van der Waals surface area contributed by atoms with Crippen molar-refractivity contribution < 1.29 is 8.78 Å². The van der Waals surface area contributed by atoms with Gasteiger partial charge in [0.25, 0.3) is 0 Å². The highest BCUT2D eigenvalue weighted by Crippen LogP contribution is 2.27. The largest absolute Gasteiger partial charge is 0.380 e.